The van der Waals surface area contributed by atoms with Crippen molar-refractivity contribution in [3.63, 3.8) is 0 Å². The van der Waals surface area contributed by atoms with Gasteiger partial charge in [0.15, 0.2) is 34.6 Å². The first kappa shape index (κ1) is 52.4. The summed E-state index contributed by atoms with van der Waals surface area (Å²) < 4.78 is 50.9. The van der Waals surface area contributed by atoms with Gasteiger partial charge >= 0.3 is 0 Å². The minimum atomic E-state index is -0.356. The minimum absolute atomic E-state index is 0.00205. The monoisotopic (exact) mass is 968 g/mol. The number of nitrogens with one attached hydrogen (secondary N) is 2. The Hall–Kier alpha value is -6.52. The summed E-state index contributed by atoms with van der Waals surface area (Å²) in [7, 11) is 3.03. The third kappa shape index (κ3) is 14.2. The number of carbonyl (C=O) groups is 4. The van der Waals surface area contributed by atoms with Crippen LogP contribution in [0.4, 0.5) is 8.78 Å². The van der Waals surface area contributed by atoms with Crippen molar-refractivity contribution in [1.29, 1.82) is 0 Å². The van der Waals surface area contributed by atoms with E-state index >= 15 is 0 Å². The van der Waals surface area contributed by atoms with Crippen LogP contribution in [0.3, 0.4) is 0 Å². The molecule has 0 aliphatic heterocycles. The Morgan fingerprint density at radius 2 is 0.956 bits per heavy atom. The molecule has 2 amide bonds. The number of benzene rings is 4. The predicted octanol–water partition coefficient (Wildman–Crippen LogP) is 12.2. The first-order valence-corrected chi connectivity index (χ1v) is 24.4. The van der Waals surface area contributed by atoms with Crippen LogP contribution in [0.5, 0.6) is 23.0 Å². The summed E-state index contributed by atoms with van der Waals surface area (Å²) in [5.74, 6) is 0.481. The Morgan fingerprint density at radius 1 is 0.544 bits per heavy atom. The highest BCUT2D eigenvalue weighted by Gasteiger charge is 2.18. The molecule has 2 heterocycles. The van der Waals surface area contributed by atoms with Crippen LogP contribution in [0.2, 0.25) is 0 Å². The van der Waals surface area contributed by atoms with Gasteiger partial charge in [0.2, 0.25) is 11.8 Å². The molecule has 0 atom stereocenters. The Bertz CT molecular complexity index is 2560. The molecule has 6 rings (SSSR count). The summed E-state index contributed by atoms with van der Waals surface area (Å²) in [6, 6.07) is 19.9. The van der Waals surface area contributed by atoms with Crippen LogP contribution >= 0.6 is 22.7 Å². The molecule has 0 fully saturated rings. The first-order chi connectivity index (χ1) is 33.0. The quantitative estimate of drug-likeness (QED) is 0.0345. The third-order valence-corrected chi connectivity index (χ3v) is 12.6. The van der Waals surface area contributed by atoms with Crippen LogP contribution in [-0.4, -0.2) is 62.2 Å². The first-order valence-electron chi connectivity index (χ1n) is 22.7. The molecule has 0 saturated carbocycles. The highest BCUT2D eigenvalue weighted by atomic mass is 32.1. The maximum atomic E-state index is 14.1. The molecule has 16 heteroatoms. The number of unbranched alkanes of at least 4 members (excludes halogenated alkanes) is 2. The number of nitrogens with zero attached hydrogens (tertiary/aromatic N) is 2. The lowest BCUT2D eigenvalue weighted by Crippen LogP contribution is -2.21. The van der Waals surface area contributed by atoms with E-state index < -0.39 is 0 Å². The SMILES string of the molecule is CCCC/C(=N/NC(=O)CCC(=O)c1ccc(OCC)c(OC)c1)c1csc2c(F)cccc12.CCCC/C(=N\NC(=O)CCC(=O)c1ccc(OCC)c(OC)c1)c1csc2c(F)cccc12. The summed E-state index contributed by atoms with van der Waals surface area (Å²) in [5.41, 5.74) is 9.11. The zero-order valence-electron chi connectivity index (χ0n) is 39.3. The van der Waals surface area contributed by atoms with Gasteiger partial charge in [-0.3, -0.25) is 19.2 Å². The van der Waals surface area contributed by atoms with E-state index in [4.69, 9.17) is 18.9 Å². The van der Waals surface area contributed by atoms with Gasteiger partial charge in [0, 0.05) is 69.5 Å². The Labute approximate surface area is 403 Å². The van der Waals surface area contributed by atoms with Crippen molar-refractivity contribution in [1.82, 2.24) is 10.9 Å². The number of halogens is 2. The molecule has 0 radical (unpaired) electrons. The highest BCUT2D eigenvalue weighted by Crippen LogP contribution is 2.33. The molecule has 0 unspecified atom stereocenters. The number of fused-ring (bicyclic) bond motifs is 2. The number of ketones is 2. The lowest BCUT2D eigenvalue weighted by molar-refractivity contribution is -0.121. The summed E-state index contributed by atoms with van der Waals surface area (Å²) in [4.78, 5) is 50.0. The largest absolute Gasteiger partial charge is 0.493 e. The fraction of sp³-hybridized carbons (Fsp3) is 0.346. The van der Waals surface area contributed by atoms with Crippen molar-refractivity contribution in [2.24, 2.45) is 10.2 Å². The second-order valence-electron chi connectivity index (χ2n) is 15.4. The molecular formula is C52H58F2N4O8S2. The molecule has 0 spiro atoms. The van der Waals surface area contributed by atoms with Gasteiger partial charge in [-0.05, 0) is 88.1 Å². The molecular weight excluding hydrogens is 911 g/mol. The smallest absolute Gasteiger partial charge is 0.240 e. The van der Waals surface area contributed by atoms with Gasteiger partial charge in [-0.1, -0.05) is 51.0 Å². The standard InChI is InChI=1S/2C26H29FN2O4S/c2*1-4-6-10-21(19-16-34-26-18(19)8-7-9-20(26)27)28-29-25(31)14-12-22(30)17-11-13-23(33-5-2)24(15-17)32-3/h2*7-9,11,13,15-16H,4-6,10,12,14H2,1-3H3,(H,29,31)/b28-21+;28-21-. The van der Waals surface area contributed by atoms with Gasteiger partial charge in [-0.25, -0.2) is 19.6 Å². The second kappa shape index (κ2) is 26.7. The maximum Gasteiger partial charge on any atom is 0.240 e. The Morgan fingerprint density at radius 3 is 1.32 bits per heavy atom. The predicted molar refractivity (Wildman–Crippen MR) is 267 cm³/mol. The number of Topliss-reactive ketones (excluding diaryl/α,β-unsaturated/α-hetero) is 2. The fourth-order valence-electron chi connectivity index (χ4n) is 7.03. The third-order valence-electron chi connectivity index (χ3n) is 10.6. The average molecular weight is 969 g/mol. The number of hydrogen-bond acceptors (Lipinski definition) is 12. The van der Waals surface area contributed by atoms with Gasteiger partial charge in [-0.15, -0.1) is 22.7 Å². The second-order valence-corrected chi connectivity index (χ2v) is 17.1. The van der Waals surface area contributed by atoms with E-state index in [9.17, 15) is 28.0 Å². The van der Waals surface area contributed by atoms with E-state index in [-0.39, 0.29) is 60.7 Å². The molecule has 360 valence electrons. The molecule has 4 aromatic carbocycles. The fourth-order valence-corrected chi connectivity index (χ4v) is 9.00. The zero-order chi connectivity index (χ0) is 49.0. The molecule has 0 aliphatic carbocycles. The zero-order valence-corrected chi connectivity index (χ0v) is 40.9. The molecule has 2 aromatic heterocycles. The van der Waals surface area contributed by atoms with Crippen molar-refractivity contribution in [2.75, 3.05) is 27.4 Å². The summed E-state index contributed by atoms with van der Waals surface area (Å²) in [6.07, 6.45) is 5.08. The van der Waals surface area contributed by atoms with Crippen LogP contribution < -0.4 is 29.8 Å². The summed E-state index contributed by atoms with van der Waals surface area (Å²) in [6.45, 7) is 8.85. The number of amides is 2. The molecule has 0 aliphatic rings. The van der Waals surface area contributed by atoms with E-state index in [2.05, 4.69) is 34.9 Å². The van der Waals surface area contributed by atoms with E-state index in [1.54, 1.807) is 48.5 Å². The lowest BCUT2D eigenvalue weighted by atomic mass is 10.0. The van der Waals surface area contributed by atoms with Crippen molar-refractivity contribution in [2.45, 2.75) is 91.9 Å². The van der Waals surface area contributed by atoms with E-state index in [0.29, 0.717) is 81.0 Å². The van der Waals surface area contributed by atoms with Crippen LogP contribution in [0, 0.1) is 11.6 Å². The molecule has 2 N–H and O–H groups in total. The average Bonchev–Trinajstić information content (AvgIpc) is 4.00. The van der Waals surface area contributed by atoms with Gasteiger partial charge in [-0.2, -0.15) is 10.2 Å². The van der Waals surface area contributed by atoms with E-state index in [1.807, 2.05) is 36.7 Å². The number of thiophene rings is 2. The van der Waals surface area contributed by atoms with E-state index in [1.165, 1.54) is 49.0 Å². The van der Waals surface area contributed by atoms with E-state index in [0.717, 1.165) is 47.6 Å². The normalized spacial score (nSPS) is 11.5. The minimum Gasteiger partial charge on any atom is -0.493 e. The maximum absolute atomic E-state index is 14.1. The molecule has 12 nitrogen and oxygen atoms in total. The summed E-state index contributed by atoms with van der Waals surface area (Å²) >= 11 is 2.65. The number of rotatable bonds is 24. The van der Waals surface area contributed by atoms with Crippen LogP contribution in [0.25, 0.3) is 20.2 Å². The number of hydrogen-bond donors (Lipinski definition) is 2. The van der Waals surface area contributed by atoms with Crippen molar-refractivity contribution in [3.8, 4) is 23.0 Å². The van der Waals surface area contributed by atoms with Crippen LogP contribution in [0.15, 0.2) is 93.8 Å². The highest BCUT2D eigenvalue weighted by molar-refractivity contribution is 7.18. The molecule has 6 aromatic rings. The van der Waals surface area contributed by atoms with Crippen LogP contribution in [-0.2, 0) is 9.59 Å². The molecule has 68 heavy (non-hydrogen) atoms. The van der Waals surface area contributed by atoms with Gasteiger partial charge in [0.05, 0.1) is 48.3 Å². The van der Waals surface area contributed by atoms with Crippen molar-refractivity contribution in [3.05, 3.63) is 117 Å². The number of ether oxygens (including phenoxy) is 4. The number of methoxy groups -OCH3 is 2. The summed E-state index contributed by atoms with van der Waals surface area (Å²) in [5, 5.41) is 14.0. The molecule has 0 bridgehead atoms. The van der Waals surface area contributed by atoms with Crippen molar-refractivity contribution < 1.29 is 46.9 Å². The van der Waals surface area contributed by atoms with Gasteiger partial charge < -0.3 is 18.9 Å². The van der Waals surface area contributed by atoms with Crippen molar-refractivity contribution >= 4 is 77.7 Å². The Balaban J connectivity index is 0.000000254. The van der Waals surface area contributed by atoms with Gasteiger partial charge in [0.1, 0.15) is 11.6 Å². The van der Waals surface area contributed by atoms with Crippen LogP contribution in [0.1, 0.15) is 124 Å². The van der Waals surface area contributed by atoms with Gasteiger partial charge in [0.25, 0.3) is 0 Å². The molecule has 0 saturated heterocycles. The number of hydrazone groups is 2. The lowest BCUT2D eigenvalue weighted by Gasteiger charge is -2.10. The number of carbonyl (C=O) groups excluding carboxylic acids is 4. The topological polar surface area (TPSA) is 154 Å². The Kier molecular flexibility index (Phi) is 20.6.